The summed E-state index contributed by atoms with van der Waals surface area (Å²) in [7, 11) is 0. The number of benzene rings is 2. The molecule has 0 aliphatic rings. The van der Waals surface area contributed by atoms with Crippen molar-refractivity contribution in [3.63, 3.8) is 0 Å². The molecule has 100 valence electrons. The van der Waals surface area contributed by atoms with Gasteiger partial charge in [-0.1, -0.05) is 42.5 Å². The van der Waals surface area contributed by atoms with Crippen LogP contribution in [0.2, 0.25) is 0 Å². The standard InChI is InChI=1S/C17H19ClO/c1-13-10-16(12-18)11-14(2)17(13)19-9-8-15-6-4-3-5-7-15/h3-7,10-11H,8-9,12H2,1-2H3. The van der Waals surface area contributed by atoms with Gasteiger partial charge in [-0.2, -0.15) is 0 Å². The van der Waals surface area contributed by atoms with Crippen LogP contribution in [0, 0.1) is 13.8 Å². The van der Waals surface area contributed by atoms with E-state index in [-0.39, 0.29) is 0 Å². The van der Waals surface area contributed by atoms with E-state index < -0.39 is 0 Å². The maximum absolute atomic E-state index is 5.93. The van der Waals surface area contributed by atoms with Gasteiger partial charge in [0, 0.05) is 12.3 Å². The van der Waals surface area contributed by atoms with Crippen LogP contribution < -0.4 is 4.74 Å². The third kappa shape index (κ3) is 3.74. The summed E-state index contributed by atoms with van der Waals surface area (Å²) in [5, 5.41) is 0. The summed E-state index contributed by atoms with van der Waals surface area (Å²) < 4.78 is 5.93. The molecular weight excluding hydrogens is 256 g/mol. The zero-order valence-corrected chi connectivity index (χ0v) is 12.2. The fourth-order valence-corrected chi connectivity index (χ4v) is 2.41. The molecule has 0 amide bonds. The summed E-state index contributed by atoms with van der Waals surface area (Å²) in [5.74, 6) is 1.54. The largest absolute Gasteiger partial charge is 0.493 e. The van der Waals surface area contributed by atoms with Crippen molar-refractivity contribution in [3.8, 4) is 5.75 Å². The molecule has 0 atom stereocenters. The Hall–Kier alpha value is -1.47. The number of halogens is 1. The van der Waals surface area contributed by atoms with E-state index in [9.17, 15) is 0 Å². The van der Waals surface area contributed by atoms with Crippen LogP contribution in [-0.4, -0.2) is 6.61 Å². The highest BCUT2D eigenvalue weighted by atomic mass is 35.5. The first-order valence-corrected chi connectivity index (χ1v) is 7.07. The van der Waals surface area contributed by atoms with Crippen LogP contribution in [0.15, 0.2) is 42.5 Å². The van der Waals surface area contributed by atoms with E-state index in [1.807, 2.05) is 6.07 Å². The highest BCUT2D eigenvalue weighted by molar-refractivity contribution is 6.17. The lowest BCUT2D eigenvalue weighted by Gasteiger charge is -2.13. The molecule has 2 rings (SSSR count). The molecule has 2 heteroatoms. The van der Waals surface area contributed by atoms with Gasteiger partial charge in [-0.3, -0.25) is 0 Å². The predicted octanol–water partition coefficient (Wildman–Crippen LogP) is 4.66. The monoisotopic (exact) mass is 274 g/mol. The number of hydrogen-bond acceptors (Lipinski definition) is 1. The predicted molar refractivity (Wildman–Crippen MR) is 81.1 cm³/mol. The molecule has 2 aromatic rings. The fraction of sp³-hybridized carbons (Fsp3) is 0.294. The SMILES string of the molecule is Cc1cc(CCl)cc(C)c1OCCc1ccccc1. The van der Waals surface area contributed by atoms with Crippen molar-refractivity contribution < 1.29 is 4.74 Å². The second-order valence-corrected chi connectivity index (χ2v) is 5.04. The Labute approximate surface area is 120 Å². The van der Waals surface area contributed by atoms with E-state index >= 15 is 0 Å². The normalized spacial score (nSPS) is 10.5. The van der Waals surface area contributed by atoms with Crippen molar-refractivity contribution in [1.29, 1.82) is 0 Å². The van der Waals surface area contributed by atoms with Crippen molar-refractivity contribution in [2.75, 3.05) is 6.61 Å². The molecule has 0 spiro atoms. The highest BCUT2D eigenvalue weighted by Crippen LogP contribution is 2.25. The average molecular weight is 275 g/mol. The van der Waals surface area contributed by atoms with Gasteiger partial charge in [0.05, 0.1) is 6.61 Å². The molecule has 1 nitrogen and oxygen atoms in total. The van der Waals surface area contributed by atoms with Crippen molar-refractivity contribution in [3.05, 3.63) is 64.7 Å². The Morgan fingerprint density at radius 3 is 2.16 bits per heavy atom. The first kappa shape index (κ1) is 14.0. The minimum absolute atomic E-state index is 0.548. The van der Waals surface area contributed by atoms with Gasteiger partial charge in [0.15, 0.2) is 0 Å². The van der Waals surface area contributed by atoms with Gasteiger partial charge in [-0.25, -0.2) is 0 Å². The van der Waals surface area contributed by atoms with Gasteiger partial charge in [-0.15, -0.1) is 11.6 Å². The number of aryl methyl sites for hydroxylation is 2. The van der Waals surface area contributed by atoms with Crippen molar-refractivity contribution in [1.82, 2.24) is 0 Å². The Morgan fingerprint density at radius 1 is 0.947 bits per heavy atom. The molecule has 0 unspecified atom stereocenters. The van der Waals surface area contributed by atoms with E-state index in [4.69, 9.17) is 16.3 Å². The third-order valence-corrected chi connectivity index (χ3v) is 3.46. The lowest BCUT2D eigenvalue weighted by Crippen LogP contribution is -2.04. The minimum atomic E-state index is 0.548. The first-order valence-electron chi connectivity index (χ1n) is 6.53. The molecule has 0 aliphatic heterocycles. The van der Waals surface area contributed by atoms with Gasteiger partial charge in [0.2, 0.25) is 0 Å². The van der Waals surface area contributed by atoms with Crippen molar-refractivity contribution in [2.45, 2.75) is 26.1 Å². The van der Waals surface area contributed by atoms with E-state index in [1.54, 1.807) is 0 Å². The molecule has 0 N–H and O–H groups in total. The quantitative estimate of drug-likeness (QED) is 0.721. The molecule has 0 radical (unpaired) electrons. The summed E-state index contributed by atoms with van der Waals surface area (Å²) in [6.45, 7) is 4.84. The molecule has 0 heterocycles. The lowest BCUT2D eigenvalue weighted by atomic mass is 10.1. The number of hydrogen-bond donors (Lipinski definition) is 0. The fourth-order valence-electron chi connectivity index (χ4n) is 2.26. The van der Waals surface area contributed by atoms with Crippen molar-refractivity contribution >= 4 is 11.6 Å². The zero-order valence-electron chi connectivity index (χ0n) is 11.4. The Kier molecular flexibility index (Phi) is 4.86. The first-order chi connectivity index (χ1) is 9.20. The van der Waals surface area contributed by atoms with Gasteiger partial charge in [-0.05, 0) is 36.1 Å². The van der Waals surface area contributed by atoms with Gasteiger partial charge >= 0.3 is 0 Å². The maximum atomic E-state index is 5.93. The number of alkyl halides is 1. The van der Waals surface area contributed by atoms with Gasteiger partial charge in [0.1, 0.15) is 5.75 Å². The van der Waals surface area contributed by atoms with E-state index in [1.165, 1.54) is 5.56 Å². The summed E-state index contributed by atoms with van der Waals surface area (Å²) >= 11 is 5.87. The average Bonchev–Trinajstić information content (AvgIpc) is 2.42. The van der Waals surface area contributed by atoms with Crippen LogP contribution in [0.4, 0.5) is 0 Å². The molecule has 0 aliphatic carbocycles. The summed E-state index contributed by atoms with van der Waals surface area (Å²) in [5.41, 5.74) is 4.76. The summed E-state index contributed by atoms with van der Waals surface area (Å²) in [6.07, 6.45) is 0.928. The Bertz CT molecular complexity index is 511. The molecule has 0 saturated carbocycles. The summed E-state index contributed by atoms with van der Waals surface area (Å²) in [4.78, 5) is 0. The van der Waals surface area contributed by atoms with Crippen LogP contribution in [0.5, 0.6) is 5.75 Å². The zero-order chi connectivity index (χ0) is 13.7. The smallest absolute Gasteiger partial charge is 0.125 e. The van der Waals surface area contributed by atoms with E-state index in [2.05, 4.69) is 50.2 Å². The third-order valence-electron chi connectivity index (χ3n) is 3.15. The maximum Gasteiger partial charge on any atom is 0.125 e. The molecule has 0 saturated heterocycles. The molecule has 0 fully saturated rings. The highest BCUT2D eigenvalue weighted by Gasteiger charge is 2.06. The van der Waals surface area contributed by atoms with Crippen LogP contribution >= 0.6 is 11.6 Å². The van der Waals surface area contributed by atoms with Gasteiger partial charge < -0.3 is 4.74 Å². The Balaban J connectivity index is 2.00. The van der Waals surface area contributed by atoms with Crippen LogP contribution in [0.1, 0.15) is 22.3 Å². The molecule has 0 bridgehead atoms. The molecule has 2 aromatic carbocycles. The van der Waals surface area contributed by atoms with Crippen LogP contribution in [-0.2, 0) is 12.3 Å². The van der Waals surface area contributed by atoms with E-state index in [0.29, 0.717) is 12.5 Å². The van der Waals surface area contributed by atoms with E-state index in [0.717, 1.165) is 28.9 Å². The topological polar surface area (TPSA) is 9.23 Å². The number of ether oxygens (including phenoxy) is 1. The summed E-state index contributed by atoms with van der Waals surface area (Å²) in [6, 6.07) is 14.6. The van der Waals surface area contributed by atoms with Crippen molar-refractivity contribution in [2.24, 2.45) is 0 Å². The molecule has 0 aromatic heterocycles. The molecule has 19 heavy (non-hydrogen) atoms. The minimum Gasteiger partial charge on any atom is -0.493 e. The second-order valence-electron chi connectivity index (χ2n) is 4.78. The Morgan fingerprint density at radius 2 is 1.58 bits per heavy atom. The number of rotatable bonds is 5. The van der Waals surface area contributed by atoms with Gasteiger partial charge in [0.25, 0.3) is 0 Å². The van der Waals surface area contributed by atoms with Crippen LogP contribution in [0.25, 0.3) is 0 Å². The van der Waals surface area contributed by atoms with Crippen LogP contribution in [0.3, 0.4) is 0 Å². The molecular formula is C17H19ClO. The lowest BCUT2D eigenvalue weighted by molar-refractivity contribution is 0.317. The second kappa shape index (κ2) is 6.63.